The van der Waals surface area contributed by atoms with Gasteiger partial charge in [0.1, 0.15) is 5.82 Å². The number of carboxylic acid groups (broad SMARTS) is 1. The van der Waals surface area contributed by atoms with Crippen LogP contribution in [0.2, 0.25) is 0 Å². The molecule has 1 heterocycles. The second kappa shape index (κ2) is 5.48. The Morgan fingerprint density at radius 2 is 2.05 bits per heavy atom. The summed E-state index contributed by atoms with van der Waals surface area (Å²) >= 11 is 2.30. The number of nitrogens with zero attached hydrogens (tertiary/aromatic N) is 2. The van der Waals surface area contributed by atoms with Crippen LogP contribution in [0.1, 0.15) is 23.1 Å². The van der Waals surface area contributed by atoms with E-state index in [1.165, 1.54) is 0 Å². The fraction of sp³-hybridized carbons (Fsp3) is 0.125. The molecule has 0 radical (unpaired) electrons. The van der Waals surface area contributed by atoms with E-state index in [-0.39, 0.29) is 5.56 Å². The first-order chi connectivity index (χ1) is 10.1. The first-order valence-electron chi connectivity index (χ1n) is 6.61. The highest BCUT2D eigenvalue weighted by molar-refractivity contribution is 14.1. The van der Waals surface area contributed by atoms with Crippen molar-refractivity contribution in [3.05, 3.63) is 57.4 Å². The Morgan fingerprint density at radius 3 is 2.71 bits per heavy atom. The summed E-state index contributed by atoms with van der Waals surface area (Å²) in [5.41, 5.74) is 2.98. The van der Waals surface area contributed by atoms with Crippen molar-refractivity contribution in [3.63, 3.8) is 0 Å². The average molecular weight is 392 g/mol. The molecule has 0 spiro atoms. The SMILES string of the molecule is CCc1nc2cc(C(=O)O)ccc2n1-c1ccccc1I. The first-order valence-corrected chi connectivity index (χ1v) is 7.69. The Bertz CT molecular complexity index is 839. The lowest BCUT2D eigenvalue weighted by Crippen LogP contribution is -2.02. The summed E-state index contributed by atoms with van der Waals surface area (Å²) in [6.07, 6.45) is 0.780. The highest BCUT2D eigenvalue weighted by Crippen LogP contribution is 2.26. The number of rotatable bonds is 3. The topological polar surface area (TPSA) is 55.1 Å². The molecule has 0 fully saturated rings. The van der Waals surface area contributed by atoms with Crippen LogP contribution < -0.4 is 0 Å². The molecule has 0 unspecified atom stereocenters. The van der Waals surface area contributed by atoms with Crippen molar-refractivity contribution in [1.29, 1.82) is 0 Å². The van der Waals surface area contributed by atoms with E-state index in [1.54, 1.807) is 12.1 Å². The molecule has 3 aromatic rings. The normalized spacial score (nSPS) is 11.0. The maximum absolute atomic E-state index is 11.1. The molecule has 106 valence electrons. The largest absolute Gasteiger partial charge is 0.478 e. The van der Waals surface area contributed by atoms with E-state index in [0.29, 0.717) is 5.52 Å². The van der Waals surface area contributed by atoms with Gasteiger partial charge in [-0.1, -0.05) is 19.1 Å². The zero-order valence-electron chi connectivity index (χ0n) is 11.4. The van der Waals surface area contributed by atoms with E-state index in [9.17, 15) is 4.79 Å². The van der Waals surface area contributed by atoms with Crippen LogP contribution in [0.3, 0.4) is 0 Å². The van der Waals surface area contributed by atoms with Crippen LogP contribution in [0.4, 0.5) is 0 Å². The van der Waals surface area contributed by atoms with E-state index in [1.807, 2.05) is 37.3 Å². The summed E-state index contributed by atoms with van der Waals surface area (Å²) in [6, 6.07) is 13.2. The minimum absolute atomic E-state index is 0.262. The highest BCUT2D eigenvalue weighted by Gasteiger charge is 2.14. The quantitative estimate of drug-likeness (QED) is 0.689. The summed E-state index contributed by atoms with van der Waals surface area (Å²) in [4.78, 5) is 15.7. The van der Waals surface area contributed by atoms with Crippen LogP contribution >= 0.6 is 22.6 Å². The third-order valence-electron chi connectivity index (χ3n) is 3.38. The Labute approximate surface area is 135 Å². The van der Waals surface area contributed by atoms with E-state index >= 15 is 0 Å². The predicted octanol–water partition coefficient (Wildman–Crippen LogP) is 3.89. The summed E-state index contributed by atoms with van der Waals surface area (Å²) < 4.78 is 3.23. The Kier molecular flexibility index (Phi) is 3.67. The molecule has 5 heteroatoms. The second-order valence-corrected chi connectivity index (χ2v) is 5.84. The molecule has 1 aromatic heterocycles. The number of aromatic nitrogens is 2. The number of benzene rings is 2. The zero-order chi connectivity index (χ0) is 15.0. The van der Waals surface area contributed by atoms with Crippen molar-refractivity contribution in [2.24, 2.45) is 0 Å². The molecule has 0 aliphatic carbocycles. The van der Waals surface area contributed by atoms with Gasteiger partial charge >= 0.3 is 5.97 Å². The molecule has 0 aliphatic rings. The summed E-state index contributed by atoms with van der Waals surface area (Å²) in [6.45, 7) is 2.05. The Morgan fingerprint density at radius 1 is 1.29 bits per heavy atom. The third-order valence-corrected chi connectivity index (χ3v) is 4.29. The number of imidazole rings is 1. The van der Waals surface area contributed by atoms with Crippen LogP contribution in [0.15, 0.2) is 42.5 Å². The van der Waals surface area contributed by atoms with Crippen LogP contribution in [0.25, 0.3) is 16.7 Å². The van der Waals surface area contributed by atoms with Gasteiger partial charge in [-0.15, -0.1) is 0 Å². The van der Waals surface area contributed by atoms with Gasteiger partial charge in [-0.2, -0.15) is 0 Å². The van der Waals surface area contributed by atoms with Crippen LogP contribution in [-0.2, 0) is 6.42 Å². The van der Waals surface area contributed by atoms with Crippen molar-refractivity contribution < 1.29 is 9.90 Å². The molecule has 4 nitrogen and oxygen atoms in total. The molecule has 0 atom stereocenters. The minimum Gasteiger partial charge on any atom is -0.478 e. The second-order valence-electron chi connectivity index (χ2n) is 4.68. The van der Waals surface area contributed by atoms with Gasteiger partial charge in [0.25, 0.3) is 0 Å². The molecule has 0 saturated heterocycles. The number of aryl methyl sites for hydroxylation is 1. The predicted molar refractivity (Wildman–Crippen MR) is 90.1 cm³/mol. The van der Waals surface area contributed by atoms with Gasteiger partial charge in [0.2, 0.25) is 0 Å². The zero-order valence-corrected chi connectivity index (χ0v) is 13.5. The lowest BCUT2D eigenvalue weighted by molar-refractivity contribution is 0.0697. The Balaban J connectivity index is 2.31. The van der Waals surface area contributed by atoms with Gasteiger partial charge < -0.3 is 5.11 Å². The van der Waals surface area contributed by atoms with E-state index in [2.05, 4.69) is 32.1 Å². The number of aromatic carboxylic acids is 1. The molecule has 1 N–H and O–H groups in total. The van der Waals surface area contributed by atoms with Crippen molar-refractivity contribution in [1.82, 2.24) is 9.55 Å². The average Bonchev–Trinajstić information content (AvgIpc) is 2.85. The molecule has 0 saturated carbocycles. The summed E-state index contributed by atoms with van der Waals surface area (Å²) in [5.74, 6) is -0.00422. The fourth-order valence-corrected chi connectivity index (χ4v) is 3.03. The maximum atomic E-state index is 11.1. The fourth-order valence-electron chi connectivity index (χ4n) is 2.40. The van der Waals surface area contributed by atoms with E-state index in [0.717, 1.165) is 27.0 Å². The van der Waals surface area contributed by atoms with Crippen molar-refractivity contribution in [3.8, 4) is 5.69 Å². The maximum Gasteiger partial charge on any atom is 0.335 e. The molecule has 21 heavy (non-hydrogen) atoms. The number of hydrogen-bond donors (Lipinski definition) is 1. The van der Waals surface area contributed by atoms with Crippen LogP contribution in [0.5, 0.6) is 0 Å². The molecule has 0 bridgehead atoms. The number of carbonyl (C=O) groups is 1. The smallest absolute Gasteiger partial charge is 0.335 e. The van der Waals surface area contributed by atoms with E-state index < -0.39 is 5.97 Å². The molecule has 3 rings (SSSR count). The van der Waals surface area contributed by atoms with Gasteiger partial charge in [0.05, 0.1) is 22.3 Å². The lowest BCUT2D eigenvalue weighted by Gasteiger charge is -2.10. The standard InChI is InChI=1S/C16H13IN2O2/c1-2-15-18-12-9-10(16(20)21)7-8-14(12)19(15)13-6-4-3-5-11(13)17/h3-9H,2H2,1H3,(H,20,21). The van der Waals surface area contributed by atoms with Gasteiger partial charge in [-0.25, -0.2) is 9.78 Å². The minimum atomic E-state index is -0.932. The molecule has 0 aliphatic heterocycles. The number of carboxylic acids is 1. The lowest BCUT2D eigenvalue weighted by atomic mass is 10.2. The van der Waals surface area contributed by atoms with Crippen LogP contribution in [0, 0.1) is 3.57 Å². The van der Waals surface area contributed by atoms with Gasteiger partial charge in [0.15, 0.2) is 0 Å². The van der Waals surface area contributed by atoms with Gasteiger partial charge in [-0.05, 0) is 52.9 Å². The highest BCUT2D eigenvalue weighted by atomic mass is 127. The number of halogens is 1. The molecule has 0 amide bonds. The number of para-hydroxylation sites is 1. The third kappa shape index (κ3) is 2.42. The summed E-state index contributed by atoms with van der Waals surface area (Å²) in [5, 5.41) is 9.10. The first kappa shape index (κ1) is 14.1. The van der Waals surface area contributed by atoms with Crippen molar-refractivity contribution >= 4 is 39.6 Å². The van der Waals surface area contributed by atoms with Crippen LogP contribution in [-0.4, -0.2) is 20.6 Å². The van der Waals surface area contributed by atoms with Gasteiger partial charge in [-0.3, -0.25) is 4.57 Å². The number of fused-ring (bicyclic) bond motifs is 1. The van der Waals surface area contributed by atoms with E-state index in [4.69, 9.17) is 5.11 Å². The van der Waals surface area contributed by atoms with Crippen molar-refractivity contribution in [2.45, 2.75) is 13.3 Å². The number of hydrogen-bond acceptors (Lipinski definition) is 2. The molecule has 2 aromatic carbocycles. The molecular weight excluding hydrogens is 379 g/mol. The molecular formula is C16H13IN2O2. The Hall–Kier alpha value is -1.89. The van der Waals surface area contributed by atoms with Gasteiger partial charge in [0, 0.05) is 9.99 Å². The van der Waals surface area contributed by atoms with Crippen molar-refractivity contribution in [2.75, 3.05) is 0 Å². The summed E-state index contributed by atoms with van der Waals surface area (Å²) in [7, 11) is 0. The monoisotopic (exact) mass is 392 g/mol.